The van der Waals surface area contributed by atoms with E-state index in [1.165, 1.54) is 6.42 Å². The molecule has 1 aromatic heterocycles. The lowest BCUT2D eigenvalue weighted by Gasteiger charge is -2.33. The second-order valence-electron chi connectivity index (χ2n) is 6.66. The Kier molecular flexibility index (Phi) is 4.88. The molecule has 1 N–H and O–H groups in total. The number of amides is 1. The molecule has 1 fully saturated rings. The molecule has 3 rings (SSSR count). The summed E-state index contributed by atoms with van der Waals surface area (Å²) in [6.45, 7) is 7.51. The minimum absolute atomic E-state index is 0.143. The van der Waals surface area contributed by atoms with Gasteiger partial charge in [0.15, 0.2) is 0 Å². The summed E-state index contributed by atoms with van der Waals surface area (Å²) in [5.74, 6) is 0.948. The van der Waals surface area contributed by atoms with Crippen molar-refractivity contribution in [1.82, 2.24) is 10.1 Å². The number of hydrogen-bond acceptors (Lipinski definition) is 4. The standard InChI is InChI=1S/C19H25N3O2/c1-13-10-16(19(23)22-9-5-4-6-14(22)2)7-8-18(13)20-12-17-11-15(3)24-21-17/h7-8,10-11,14,20H,4-6,9,12H2,1-3H3/t14-/m0/s1. The summed E-state index contributed by atoms with van der Waals surface area (Å²) in [6, 6.07) is 8.11. The number of aryl methyl sites for hydroxylation is 2. The van der Waals surface area contributed by atoms with Gasteiger partial charge in [0, 0.05) is 29.9 Å². The second kappa shape index (κ2) is 7.07. The highest BCUT2D eigenvalue weighted by molar-refractivity contribution is 5.95. The van der Waals surface area contributed by atoms with Gasteiger partial charge in [-0.25, -0.2) is 0 Å². The first kappa shape index (κ1) is 16.6. The number of likely N-dealkylation sites (tertiary alicyclic amines) is 1. The van der Waals surface area contributed by atoms with Gasteiger partial charge >= 0.3 is 0 Å². The Morgan fingerprint density at radius 3 is 2.83 bits per heavy atom. The van der Waals surface area contributed by atoms with Gasteiger partial charge in [-0.3, -0.25) is 4.79 Å². The number of hydrogen-bond donors (Lipinski definition) is 1. The van der Waals surface area contributed by atoms with Crippen LogP contribution in [0.3, 0.4) is 0 Å². The van der Waals surface area contributed by atoms with Crippen molar-refractivity contribution in [1.29, 1.82) is 0 Å². The van der Waals surface area contributed by atoms with Gasteiger partial charge in [0.1, 0.15) is 11.5 Å². The molecule has 5 nitrogen and oxygen atoms in total. The van der Waals surface area contributed by atoms with Gasteiger partial charge in [0.05, 0.1) is 6.54 Å². The van der Waals surface area contributed by atoms with Gasteiger partial charge in [-0.05, 0) is 63.8 Å². The van der Waals surface area contributed by atoms with Crippen LogP contribution in [0.15, 0.2) is 28.8 Å². The van der Waals surface area contributed by atoms with E-state index in [1.54, 1.807) is 0 Å². The third kappa shape index (κ3) is 3.61. The molecule has 1 atom stereocenters. The Morgan fingerprint density at radius 1 is 1.33 bits per heavy atom. The Hall–Kier alpha value is -2.30. The van der Waals surface area contributed by atoms with Crippen LogP contribution in [0.2, 0.25) is 0 Å². The van der Waals surface area contributed by atoms with Crippen molar-refractivity contribution in [2.24, 2.45) is 0 Å². The van der Waals surface area contributed by atoms with Crippen LogP contribution < -0.4 is 5.32 Å². The monoisotopic (exact) mass is 327 g/mol. The second-order valence-corrected chi connectivity index (χ2v) is 6.66. The molecule has 1 saturated heterocycles. The maximum atomic E-state index is 12.7. The van der Waals surface area contributed by atoms with Gasteiger partial charge in [-0.15, -0.1) is 0 Å². The van der Waals surface area contributed by atoms with Crippen molar-refractivity contribution in [3.8, 4) is 0 Å². The highest BCUT2D eigenvalue weighted by Crippen LogP contribution is 2.22. The van der Waals surface area contributed by atoms with Crippen LogP contribution in [0.5, 0.6) is 0 Å². The van der Waals surface area contributed by atoms with E-state index in [2.05, 4.69) is 17.4 Å². The van der Waals surface area contributed by atoms with E-state index >= 15 is 0 Å². The summed E-state index contributed by atoms with van der Waals surface area (Å²) in [6.07, 6.45) is 3.42. The van der Waals surface area contributed by atoms with E-state index in [1.807, 2.05) is 43.0 Å². The van der Waals surface area contributed by atoms with Gasteiger partial charge in [0.25, 0.3) is 5.91 Å². The molecule has 2 heterocycles. The van der Waals surface area contributed by atoms with Crippen molar-refractivity contribution in [2.75, 3.05) is 11.9 Å². The Labute approximate surface area is 143 Å². The Morgan fingerprint density at radius 2 is 2.17 bits per heavy atom. The number of anilines is 1. The lowest BCUT2D eigenvalue weighted by Crippen LogP contribution is -2.42. The number of rotatable bonds is 4. The Bertz CT molecular complexity index is 723. The van der Waals surface area contributed by atoms with Crippen LogP contribution in [-0.2, 0) is 6.54 Å². The summed E-state index contributed by atoms with van der Waals surface area (Å²) >= 11 is 0. The van der Waals surface area contributed by atoms with Gasteiger partial charge < -0.3 is 14.7 Å². The summed E-state index contributed by atoms with van der Waals surface area (Å²) in [7, 11) is 0. The van der Waals surface area contributed by atoms with Crippen LogP contribution in [-0.4, -0.2) is 28.6 Å². The Balaban J connectivity index is 1.68. The highest BCUT2D eigenvalue weighted by Gasteiger charge is 2.24. The summed E-state index contributed by atoms with van der Waals surface area (Å²) in [5.41, 5.74) is 3.71. The topological polar surface area (TPSA) is 58.4 Å². The third-order valence-corrected chi connectivity index (χ3v) is 4.67. The third-order valence-electron chi connectivity index (χ3n) is 4.67. The molecule has 0 bridgehead atoms. The summed E-state index contributed by atoms with van der Waals surface area (Å²) < 4.78 is 5.07. The normalized spacial score (nSPS) is 17.8. The molecule has 0 radical (unpaired) electrons. The molecule has 1 amide bonds. The quantitative estimate of drug-likeness (QED) is 0.925. The molecular formula is C19H25N3O2. The van der Waals surface area contributed by atoms with Crippen molar-refractivity contribution in [3.05, 3.63) is 46.8 Å². The average molecular weight is 327 g/mol. The maximum Gasteiger partial charge on any atom is 0.254 e. The fraction of sp³-hybridized carbons (Fsp3) is 0.474. The fourth-order valence-corrected chi connectivity index (χ4v) is 3.25. The highest BCUT2D eigenvalue weighted by atomic mass is 16.5. The molecular weight excluding hydrogens is 302 g/mol. The molecule has 0 aliphatic carbocycles. The number of carbonyl (C=O) groups excluding carboxylic acids is 1. The number of aromatic nitrogens is 1. The van der Waals surface area contributed by atoms with Crippen molar-refractivity contribution >= 4 is 11.6 Å². The zero-order valence-electron chi connectivity index (χ0n) is 14.6. The van der Waals surface area contributed by atoms with Crippen LogP contribution >= 0.6 is 0 Å². The summed E-state index contributed by atoms with van der Waals surface area (Å²) in [4.78, 5) is 14.7. The lowest BCUT2D eigenvalue weighted by molar-refractivity contribution is 0.0635. The first-order chi connectivity index (χ1) is 11.5. The van der Waals surface area contributed by atoms with E-state index in [9.17, 15) is 4.79 Å². The van der Waals surface area contributed by atoms with E-state index < -0.39 is 0 Å². The van der Waals surface area contributed by atoms with Crippen molar-refractivity contribution in [2.45, 2.75) is 52.6 Å². The minimum atomic E-state index is 0.143. The predicted molar refractivity (Wildman–Crippen MR) is 94.1 cm³/mol. The molecule has 1 aliphatic heterocycles. The lowest BCUT2D eigenvalue weighted by atomic mass is 10.0. The molecule has 0 unspecified atom stereocenters. The molecule has 1 aliphatic rings. The zero-order valence-corrected chi connectivity index (χ0v) is 14.6. The summed E-state index contributed by atoms with van der Waals surface area (Å²) in [5, 5.41) is 7.33. The minimum Gasteiger partial charge on any atom is -0.379 e. The first-order valence-electron chi connectivity index (χ1n) is 8.62. The predicted octanol–water partition coefficient (Wildman–Crippen LogP) is 3.92. The zero-order chi connectivity index (χ0) is 17.1. The van der Waals surface area contributed by atoms with Gasteiger partial charge in [0.2, 0.25) is 0 Å². The number of nitrogens with zero attached hydrogens (tertiary/aromatic N) is 2. The van der Waals surface area contributed by atoms with Crippen molar-refractivity contribution < 1.29 is 9.32 Å². The van der Waals surface area contributed by atoms with Crippen LogP contribution in [0.25, 0.3) is 0 Å². The first-order valence-corrected chi connectivity index (χ1v) is 8.62. The fourth-order valence-electron chi connectivity index (χ4n) is 3.25. The molecule has 2 aromatic rings. The maximum absolute atomic E-state index is 12.7. The van der Waals surface area contributed by atoms with Gasteiger partial charge in [-0.2, -0.15) is 0 Å². The van der Waals surface area contributed by atoms with Crippen LogP contribution in [0.4, 0.5) is 5.69 Å². The number of carbonyl (C=O) groups is 1. The number of benzene rings is 1. The average Bonchev–Trinajstić information content (AvgIpc) is 2.99. The van der Waals surface area contributed by atoms with Crippen LogP contribution in [0, 0.1) is 13.8 Å². The van der Waals surface area contributed by atoms with E-state index in [-0.39, 0.29) is 5.91 Å². The van der Waals surface area contributed by atoms with Gasteiger partial charge in [-0.1, -0.05) is 5.16 Å². The van der Waals surface area contributed by atoms with Crippen molar-refractivity contribution in [3.63, 3.8) is 0 Å². The number of nitrogens with one attached hydrogen (secondary N) is 1. The largest absolute Gasteiger partial charge is 0.379 e. The molecule has 0 saturated carbocycles. The number of piperidine rings is 1. The molecule has 0 spiro atoms. The molecule has 1 aromatic carbocycles. The molecule has 24 heavy (non-hydrogen) atoms. The molecule has 5 heteroatoms. The van der Waals surface area contributed by atoms with E-state index in [0.29, 0.717) is 12.6 Å². The molecule has 128 valence electrons. The van der Waals surface area contributed by atoms with E-state index in [0.717, 1.165) is 47.7 Å². The van der Waals surface area contributed by atoms with E-state index in [4.69, 9.17) is 4.52 Å². The smallest absolute Gasteiger partial charge is 0.254 e. The SMILES string of the molecule is Cc1cc(CNc2ccc(C(=O)N3CCCC[C@@H]3C)cc2C)no1. The van der Waals surface area contributed by atoms with Crippen LogP contribution in [0.1, 0.15) is 53.6 Å².